The van der Waals surface area contributed by atoms with Crippen LogP contribution in [0.5, 0.6) is 0 Å². The number of carbonyl (C=O) groups excluding carboxylic acids is 1. The topological polar surface area (TPSA) is 26.3 Å². The van der Waals surface area contributed by atoms with Gasteiger partial charge in [-0.2, -0.15) is 13.2 Å². The summed E-state index contributed by atoms with van der Waals surface area (Å²) in [5, 5.41) is 0. The van der Waals surface area contributed by atoms with E-state index in [1.807, 2.05) is 0 Å². The number of halogens is 3. The normalized spacial score (nSPS) is 17.0. The Morgan fingerprint density at radius 3 is 2.24 bits per heavy atom. The van der Waals surface area contributed by atoms with E-state index >= 15 is 0 Å². The predicted octanol–water partition coefficient (Wildman–Crippen LogP) is 5.24. The van der Waals surface area contributed by atoms with E-state index in [1.54, 1.807) is 38.1 Å². The number of rotatable bonds is 2. The van der Waals surface area contributed by atoms with Gasteiger partial charge in [-0.3, -0.25) is 4.79 Å². The minimum absolute atomic E-state index is 0.156. The van der Waals surface area contributed by atoms with E-state index in [1.165, 1.54) is 12.1 Å². The average Bonchev–Trinajstić information content (AvgIpc) is 2.78. The maximum Gasteiger partial charge on any atom is 0.416 e. The van der Waals surface area contributed by atoms with E-state index in [4.69, 9.17) is 4.74 Å². The Labute approximate surface area is 148 Å². The number of thiol groups is 1. The van der Waals surface area contributed by atoms with Crippen LogP contribution in [0.25, 0.3) is 11.3 Å². The number of hydrogen-bond donors (Lipinski definition) is 1. The minimum atomic E-state index is -4.48. The zero-order chi connectivity index (χ0) is 18.4. The van der Waals surface area contributed by atoms with Gasteiger partial charge in [-0.15, -0.1) is 12.6 Å². The highest BCUT2D eigenvalue weighted by atomic mass is 32.1. The molecule has 0 unspecified atom stereocenters. The maximum absolute atomic E-state index is 13.0. The van der Waals surface area contributed by atoms with Crippen molar-refractivity contribution in [3.63, 3.8) is 0 Å². The summed E-state index contributed by atoms with van der Waals surface area (Å²) in [7, 11) is 0. The third-order valence-electron chi connectivity index (χ3n) is 3.97. The Morgan fingerprint density at radius 1 is 1.00 bits per heavy atom. The molecule has 0 fully saturated rings. The van der Waals surface area contributed by atoms with E-state index in [0.717, 1.165) is 17.0 Å². The summed E-state index contributed by atoms with van der Waals surface area (Å²) in [5.74, 6) is -0.0700. The third-order valence-corrected chi connectivity index (χ3v) is 4.26. The first kappa shape index (κ1) is 17.6. The Bertz CT molecular complexity index is 865. The summed E-state index contributed by atoms with van der Waals surface area (Å²) in [4.78, 5) is 13.5. The molecule has 2 aromatic rings. The average molecular weight is 364 g/mol. The molecule has 0 amide bonds. The van der Waals surface area contributed by atoms with Gasteiger partial charge in [0, 0.05) is 10.5 Å². The molecule has 0 spiro atoms. The lowest BCUT2D eigenvalue weighted by molar-refractivity contribution is -0.137. The lowest BCUT2D eigenvalue weighted by atomic mass is 9.92. The van der Waals surface area contributed by atoms with Crippen LogP contribution in [-0.4, -0.2) is 11.4 Å². The van der Waals surface area contributed by atoms with Crippen molar-refractivity contribution >= 4 is 29.7 Å². The highest BCUT2D eigenvalue weighted by molar-refractivity contribution is 7.80. The van der Waals surface area contributed by atoms with Crippen LogP contribution in [0.2, 0.25) is 0 Å². The number of ether oxygens (including phenoxy) is 1. The smallest absolute Gasteiger partial charge is 0.416 e. The quantitative estimate of drug-likeness (QED) is 0.738. The van der Waals surface area contributed by atoms with E-state index in [2.05, 4.69) is 12.6 Å². The first-order valence-electron chi connectivity index (χ1n) is 7.55. The van der Waals surface area contributed by atoms with Gasteiger partial charge in [-0.25, -0.2) is 0 Å². The van der Waals surface area contributed by atoms with Crippen molar-refractivity contribution in [3.8, 4) is 0 Å². The summed E-state index contributed by atoms with van der Waals surface area (Å²) in [6.07, 6.45) is -4.48. The summed E-state index contributed by atoms with van der Waals surface area (Å²) in [6.45, 7) is 3.20. The number of alkyl halides is 3. The number of Topliss-reactive ketones (excluding diaryl/α,β-unsaturated/α-hetero) is 1. The molecule has 0 aromatic heterocycles. The molecule has 1 aliphatic rings. The van der Waals surface area contributed by atoms with Crippen molar-refractivity contribution in [1.82, 2.24) is 0 Å². The molecule has 3 rings (SSSR count). The van der Waals surface area contributed by atoms with E-state index < -0.39 is 17.3 Å². The molecule has 2 nitrogen and oxygen atoms in total. The zero-order valence-electron chi connectivity index (χ0n) is 13.5. The van der Waals surface area contributed by atoms with Gasteiger partial charge in [0.25, 0.3) is 0 Å². The molecular formula is C19H15F3O2S. The Hall–Kier alpha value is -2.21. The second-order valence-electron chi connectivity index (χ2n) is 6.27. The minimum Gasteiger partial charge on any atom is -0.478 e. The van der Waals surface area contributed by atoms with E-state index in [0.29, 0.717) is 5.56 Å². The largest absolute Gasteiger partial charge is 0.478 e. The van der Waals surface area contributed by atoms with Gasteiger partial charge in [0.2, 0.25) is 5.78 Å². The van der Waals surface area contributed by atoms with Crippen LogP contribution in [0.1, 0.15) is 30.5 Å². The summed E-state index contributed by atoms with van der Waals surface area (Å²) < 4.78 is 44.9. The molecule has 0 aliphatic carbocycles. The summed E-state index contributed by atoms with van der Waals surface area (Å²) >= 11 is 4.21. The van der Waals surface area contributed by atoms with Crippen molar-refractivity contribution in [2.75, 3.05) is 0 Å². The van der Waals surface area contributed by atoms with Crippen molar-refractivity contribution in [3.05, 3.63) is 65.2 Å². The fourth-order valence-electron chi connectivity index (χ4n) is 2.69. The van der Waals surface area contributed by atoms with Gasteiger partial charge in [-0.05, 0) is 43.7 Å². The predicted molar refractivity (Wildman–Crippen MR) is 92.1 cm³/mol. The van der Waals surface area contributed by atoms with Crippen LogP contribution in [0.3, 0.4) is 0 Å². The highest BCUT2D eigenvalue weighted by Crippen LogP contribution is 2.42. The molecular weight excluding hydrogens is 349 g/mol. The van der Waals surface area contributed by atoms with Crippen LogP contribution in [0, 0.1) is 0 Å². The summed E-state index contributed by atoms with van der Waals surface area (Å²) in [6, 6.07) is 11.6. The lowest BCUT2D eigenvalue weighted by Gasteiger charge is -2.17. The molecule has 0 N–H and O–H groups in total. The Morgan fingerprint density at radius 2 is 1.64 bits per heavy atom. The van der Waals surface area contributed by atoms with Crippen molar-refractivity contribution in [2.45, 2.75) is 30.5 Å². The molecule has 0 saturated carbocycles. The SMILES string of the molecule is CC1(C)OC(c2ccc(S)cc2)=C(c2cccc(C(F)(F)F)c2)C1=O. The number of carbonyl (C=O) groups is 1. The highest BCUT2D eigenvalue weighted by Gasteiger charge is 2.43. The molecule has 130 valence electrons. The second-order valence-corrected chi connectivity index (χ2v) is 6.79. The Kier molecular flexibility index (Phi) is 4.19. The van der Waals surface area contributed by atoms with Crippen molar-refractivity contribution in [1.29, 1.82) is 0 Å². The first-order valence-corrected chi connectivity index (χ1v) is 7.99. The van der Waals surface area contributed by atoms with Crippen LogP contribution in [0.15, 0.2) is 53.4 Å². The van der Waals surface area contributed by atoms with Gasteiger partial charge < -0.3 is 4.74 Å². The van der Waals surface area contributed by atoms with E-state index in [-0.39, 0.29) is 22.7 Å². The van der Waals surface area contributed by atoms with Gasteiger partial charge in [0.15, 0.2) is 5.60 Å². The Balaban J connectivity index is 2.19. The molecule has 6 heteroatoms. The molecule has 1 heterocycles. The monoisotopic (exact) mass is 364 g/mol. The molecule has 2 aromatic carbocycles. The molecule has 25 heavy (non-hydrogen) atoms. The van der Waals surface area contributed by atoms with Crippen LogP contribution in [-0.2, 0) is 15.7 Å². The second kappa shape index (κ2) is 5.95. The summed E-state index contributed by atoms with van der Waals surface area (Å²) in [5.41, 5.74) is -0.985. The molecule has 1 aliphatic heterocycles. The maximum atomic E-state index is 13.0. The molecule has 0 radical (unpaired) electrons. The third kappa shape index (κ3) is 3.31. The van der Waals surface area contributed by atoms with Gasteiger partial charge in [-0.1, -0.05) is 24.3 Å². The number of hydrogen-bond acceptors (Lipinski definition) is 3. The molecule has 0 saturated heterocycles. The first-order chi connectivity index (χ1) is 11.6. The zero-order valence-corrected chi connectivity index (χ0v) is 14.4. The fraction of sp³-hybridized carbons (Fsp3) is 0.211. The molecule has 0 atom stereocenters. The number of ketones is 1. The standard InChI is InChI=1S/C19H15F3O2S/c1-18(2)17(23)15(12-4-3-5-13(10-12)19(20,21)22)16(24-18)11-6-8-14(25)9-7-11/h3-10,25H,1-2H3. The van der Waals surface area contributed by atoms with Crippen LogP contribution >= 0.6 is 12.6 Å². The lowest BCUT2D eigenvalue weighted by Crippen LogP contribution is -2.29. The van der Waals surface area contributed by atoms with Crippen LogP contribution in [0.4, 0.5) is 13.2 Å². The van der Waals surface area contributed by atoms with Crippen LogP contribution < -0.4 is 0 Å². The van der Waals surface area contributed by atoms with E-state index in [9.17, 15) is 18.0 Å². The van der Waals surface area contributed by atoms with Crippen molar-refractivity contribution in [2.24, 2.45) is 0 Å². The van der Waals surface area contributed by atoms with Crippen molar-refractivity contribution < 1.29 is 22.7 Å². The number of benzene rings is 2. The van der Waals surface area contributed by atoms with Gasteiger partial charge in [0.1, 0.15) is 5.76 Å². The van der Waals surface area contributed by atoms with Gasteiger partial charge in [0.05, 0.1) is 11.1 Å². The fourth-order valence-corrected chi connectivity index (χ4v) is 2.84. The molecule has 0 bridgehead atoms. The van der Waals surface area contributed by atoms with Gasteiger partial charge >= 0.3 is 6.18 Å².